The van der Waals surface area contributed by atoms with Crippen molar-refractivity contribution in [1.82, 2.24) is 5.32 Å². The quantitative estimate of drug-likeness (QED) is 0.866. The minimum Gasteiger partial charge on any atom is -0.443 e. The van der Waals surface area contributed by atoms with Gasteiger partial charge < -0.3 is 10.1 Å². The van der Waals surface area contributed by atoms with Crippen molar-refractivity contribution in [2.75, 3.05) is 6.61 Å². The maximum absolute atomic E-state index is 13.6. The molecule has 0 radical (unpaired) electrons. The van der Waals surface area contributed by atoms with Gasteiger partial charge in [-0.15, -0.1) is 0 Å². The van der Waals surface area contributed by atoms with Gasteiger partial charge in [0.1, 0.15) is 11.9 Å². The monoisotopic (exact) mass is 309 g/mol. The number of carbonyl (C=O) groups is 1. The van der Waals surface area contributed by atoms with Gasteiger partial charge in [0.05, 0.1) is 4.47 Å². The predicted octanol–water partition coefficient (Wildman–Crippen LogP) is 3.00. The second kappa shape index (κ2) is 4.21. The number of rotatable bonds is 1. The van der Waals surface area contributed by atoms with E-state index >= 15 is 0 Å². The van der Waals surface area contributed by atoms with Crippen LogP contribution in [-0.4, -0.2) is 18.6 Å². The molecule has 0 bridgehead atoms. The highest BCUT2D eigenvalue weighted by molar-refractivity contribution is 9.10. The Kier molecular flexibility index (Phi) is 3.03. The average Bonchev–Trinajstić information content (AvgIpc) is 2.26. The van der Waals surface area contributed by atoms with E-state index in [1.165, 1.54) is 12.1 Å². The zero-order valence-corrected chi connectivity index (χ0v) is 9.93. The lowest BCUT2D eigenvalue weighted by Crippen LogP contribution is -2.49. The fourth-order valence-corrected chi connectivity index (χ4v) is 2.05. The molecule has 2 rings (SSSR count). The molecule has 1 heterocycles. The number of hydrogen-bond donors (Lipinski definition) is 1. The van der Waals surface area contributed by atoms with Crippen molar-refractivity contribution in [3.8, 4) is 0 Å². The first-order chi connectivity index (χ1) is 7.92. The topological polar surface area (TPSA) is 38.3 Å². The van der Waals surface area contributed by atoms with E-state index in [2.05, 4.69) is 20.7 Å². The Balaban J connectivity index is 2.43. The number of cyclic esters (lactones) is 1. The maximum Gasteiger partial charge on any atom is 0.408 e. The molecule has 1 aromatic rings. The van der Waals surface area contributed by atoms with Gasteiger partial charge in [0.15, 0.2) is 6.61 Å². The molecule has 0 aromatic heterocycles. The van der Waals surface area contributed by atoms with Crippen LogP contribution in [0.1, 0.15) is 11.6 Å². The smallest absolute Gasteiger partial charge is 0.408 e. The van der Waals surface area contributed by atoms with Crippen LogP contribution in [0.15, 0.2) is 22.7 Å². The molecular formula is C10H7BrF3NO2. The van der Waals surface area contributed by atoms with E-state index in [0.717, 1.165) is 6.07 Å². The molecule has 1 aromatic carbocycles. The van der Waals surface area contributed by atoms with Crippen LogP contribution in [0, 0.1) is 5.82 Å². The molecule has 1 aliphatic rings. The minimum absolute atomic E-state index is 0.0216. The molecule has 7 heteroatoms. The Bertz CT molecular complexity index is 467. The van der Waals surface area contributed by atoms with Gasteiger partial charge in [-0.3, -0.25) is 0 Å². The van der Waals surface area contributed by atoms with Crippen LogP contribution < -0.4 is 5.32 Å². The Morgan fingerprint density at radius 1 is 1.47 bits per heavy atom. The maximum atomic E-state index is 13.6. The summed E-state index contributed by atoms with van der Waals surface area (Å²) < 4.78 is 44.5. The Morgan fingerprint density at radius 2 is 2.18 bits per heavy atom. The Labute approximate surface area is 103 Å². The van der Waals surface area contributed by atoms with Crippen LogP contribution in [0.4, 0.5) is 18.0 Å². The van der Waals surface area contributed by atoms with E-state index in [1.807, 2.05) is 5.32 Å². The van der Waals surface area contributed by atoms with Gasteiger partial charge in [-0.25, -0.2) is 18.0 Å². The number of alkyl carbamates (subject to hydrolysis) is 1. The summed E-state index contributed by atoms with van der Waals surface area (Å²) in [7, 11) is 0. The molecule has 0 aliphatic carbocycles. The van der Waals surface area contributed by atoms with Crippen molar-refractivity contribution in [3.63, 3.8) is 0 Å². The first-order valence-corrected chi connectivity index (χ1v) is 5.46. The Hall–Kier alpha value is -1.24. The summed E-state index contributed by atoms with van der Waals surface area (Å²) in [6, 6.07) is 2.14. The first-order valence-electron chi connectivity index (χ1n) is 4.67. The van der Waals surface area contributed by atoms with Crippen LogP contribution in [0.25, 0.3) is 0 Å². The molecule has 0 spiro atoms. The van der Waals surface area contributed by atoms with Gasteiger partial charge in [-0.05, 0) is 27.6 Å². The van der Waals surface area contributed by atoms with E-state index in [9.17, 15) is 18.0 Å². The number of hydrogen-bond acceptors (Lipinski definition) is 2. The van der Waals surface area contributed by atoms with Gasteiger partial charge in [0.25, 0.3) is 0 Å². The number of nitrogens with one attached hydrogen (secondary N) is 1. The van der Waals surface area contributed by atoms with Gasteiger partial charge in [0, 0.05) is 0 Å². The molecular weight excluding hydrogens is 303 g/mol. The van der Waals surface area contributed by atoms with E-state index in [0.29, 0.717) is 0 Å². The normalized spacial score (nSPS) is 22.8. The molecule has 92 valence electrons. The molecule has 1 fully saturated rings. The summed E-state index contributed by atoms with van der Waals surface area (Å²) in [6.07, 6.45) is -0.947. The van der Waals surface area contributed by atoms with Crippen molar-refractivity contribution in [3.05, 3.63) is 34.1 Å². The minimum atomic E-state index is -3.29. The van der Waals surface area contributed by atoms with Crippen LogP contribution in [0.2, 0.25) is 0 Å². The van der Waals surface area contributed by atoms with E-state index in [-0.39, 0.29) is 10.0 Å². The van der Waals surface area contributed by atoms with Crippen molar-refractivity contribution >= 4 is 22.0 Å². The van der Waals surface area contributed by atoms with Gasteiger partial charge in [0.2, 0.25) is 0 Å². The zero-order chi connectivity index (χ0) is 12.6. The predicted molar refractivity (Wildman–Crippen MR) is 56.3 cm³/mol. The standard InChI is InChI=1S/C10H7BrF3NO2/c11-7-5(2-1-3-6(7)12)8-10(13,14)4-17-9(16)15-8/h1-3,8H,4H2,(H,15,16)/t8-/m0/s1. The lowest BCUT2D eigenvalue weighted by molar-refractivity contribution is -0.104. The van der Waals surface area contributed by atoms with E-state index in [4.69, 9.17) is 0 Å². The number of halogens is 4. The van der Waals surface area contributed by atoms with Crippen molar-refractivity contribution < 1.29 is 22.7 Å². The summed E-state index contributed by atoms with van der Waals surface area (Å²) in [6.45, 7) is -1.02. The summed E-state index contributed by atoms with van der Waals surface area (Å²) in [4.78, 5) is 11.0. The van der Waals surface area contributed by atoms with Crippen LogP contribution >= 0.6 is 15.9 Å². The van der Waals surface area contributed by atoms with E-state index < -0.39 is 30.5 Å². The summed E-state index contributed by atoms with van der Waals surface area (Å²) in [5.41, 5.74) is -0.0216. The number of ether oxygens (including phenoxy) is 1. The largest absolute Gasteiger partial charge is 0.443 e. The number of alkyl halides is 2. The zero-order valence-electron chi connectivity index (χ0n) is 8.34. The highest BCUT2D eigenvalue weighted by Crippen LogP contribution is 2.38. The molecule has 1 saturated heterocycles. The van der Waals surface area contributed by atoms with Crippen LogP contribution in [-0.2, 0) is 4.74 Å². The lowest BCUT2D eigenvalue weighted by Gasteiger charge is -2.32. The van der Waals surface area contributed by atoms with Gasteiger partial charge in [-0.1, -0.05) is 12.1 Å². The fraction of sp³-hybridized carbons (Fsp3) is 0.300. The summed E-state index contributed by atoms with van der Waals surface area (Å²) >= 11 is 2.89. The van der Waals surface area contributed by atoms with Crippen LogP contribution in [0.5, 0.6) is 0 Å². The number of amides is 1. The molecule has 0 unspecified atom stereocenters. The molecule has 1 amide bonds. The van der Waals surface area contributed by atoms with Gasteiger partial charge in [-0.2, -0.15) is 0 Å². The third-order valence-corrected chi connectivity index (χ3v) is 3.21. The molecule has 1 N–H and O–H groups in total. The average molecular weight is 310 g/mol. The van der Waals surface area contributed by atoms with Crippen molar-refractivity contribution in [2.45, 2.75) is 12.0 Å². The SMILES string of the molecule is O=C1N[C@@H](c2cccc(F)c2Br)C(F)(F)CO1. The van der Waals surface area contributed by atoms with Gasteiger partial charge >= 0.3 is 12.0 Å². The molecule has 1 atom stereocenters. The molecule has 17 heavy (non-hydrogen) atoms. The number of carbonyl (C=O) groups excluding carboxylic acids is 1. The highest BCUT2D eigenvalue weighted by Gasteiger charge is 2.47. The summed E-state index contributed by atoms with van der Waals surface area (Å²) in [5, 5.41) is 1.98. The third kappa shape index (κ3) is 2.24. The lowest BCUT2D eigenvalue weighted by atomic mass is 10.00. The second-order valence-electron chi connectivity index (χ2n) is 3.56. The summed E-state index contributed by atoms with van der Waals surface area (Å²) in [5.74, 6) is -3.96. The molecule has 3 nitrogen and oxygen atoms in total. The number of benzene rings is 1. The second-order valence-corrected chi connectivity index (χ2v) is 4.35. The third-order valence-electron chi connectivity index (χ3n) is 2.37. The van der Waals surface area contributed by atoms with Crippen LogP contribution in [0.3, 0.4) is 0 Å². The van der Waals surface area contributed by atoms with E-state index in [1.54, 1.807) is 0 Å². The Morgan fingerprint density at radius 3 is 2.88 bits per heavy atom. The first kappa shape index (κ1) is 12.2. The molecule has 0 saturated carbocycles. The highest BCUT2D eigenvalue weighted by atomic mass is 79.9. The molecule has 1 aliphatic heterocycles. The van der Waals surface area contributed by atoms with Crippen molar-refractivity contribution in [2.24, 2.45) is 0 Å². The fourth-order valence-electron chi connectivity index (χ4n) is 1.56. The van der Waals surface area contributed by atoms with Crippen molar-refractivity contribution in [1.29, 1.82) is 0 Å².